The van der Waals surface area contributed by atoms with E-state index in [4.69, 9.17) is 13.9 Å². The molecule has 3 aromatic rings. The van der Waals surface area contributed by atoms with Gasteiger partial charge in [-0.2, -0.15) is 0 Å². The van der Waals surface area contributed by atoms with Crippen molar-refractivity contribution < 1.29 is 23.5 Å². The number of hydrogen-bond acceptors (Lipinski definition) is 5. The molecule has 1 aromatic heterocycles. The highest BCUT2D eigenvalue weighted by molar-refractivity contribution is 6.01. The number of fused-ring (bicyclic) bond motifs is 1. The SMILES string of the molecule is CCOc1ccc2oc(C(=O)OCC(=O)c3cc(C)ccc3C)c(C)c2c1. The van der Waals surface area contributed by atoms with Gasteiger partial charge < -0.3 is 13.9 Å². The molecule has 0 amide bonds. The largest absolute Gasteiger partial charge is 0.494 e. The van der Waals surface area contributed by atoms with E-state index in [1.54, 1.807) is 25.1 Å². The lowest BCUT2D eigenvalue weighted by molar-refractivity contribution is 0.0445. The molecule has 27 heavy (non-hydrogen) atoms. The summed E-state index contributed by atoms with van der Waals surface area (Å²) in [6, 6.07) is 11.0. The van der Waals surface area contributed by atoms with Gasteiger partial charge in [0.25, 0.3) is 0 Å². The zero-order chi connectivity index (χ0) is 19.6. The van der Waals surface area contributed by atoms with Gasteiger partial charge in [0.15, 0.2) is 6.61 Å². The van der Waals surface area contributed by atoms with E-state index in [1.165, 1.54) is 0 Å². The van der Waals surface area contributed by atoms with Crippen molar-refractivity contribution >= 4 is 22.7 Å². The molecule has 140 valence electrons. The number of Topliss-reactive ketones (excluding diaryl/α,β-unsaturated/α-hetero) is 1. The van der Waals surface area contributed by atoms with Crippen molar-refractivity contribution in [2.45, 2.75) is 27.7 Å². The molecule has 5 heteroatoms. The summed E-state index contributed by atoms with van der Waals surface area (Å²) >= 11 is 0. The Morgan fingerprint density at radius 2 is 1.81 bits per heavy atom. The first-order valence-electron chi connectivity index (χ1n) is 8.84. The van der Waals surface area contributed by atoms with Crippen molar-refractivity contribution in [1.29, 1.82) is 0 Å². The first kappa shape index (κ1) is 18.7. The van der Waals surface area contributed by atoms with E-state index in [9.17, 15) is 9.59 Å². The molecule has 0 aliphatic rings. The van der Waals surface area contributed by atoms with E-state index in [0.29, 0.717) is 29.1 Å². The van der Waals surface area contributed by atoms with Crippen molar-refractivity contribution in [3.63, 3.8) is 0 Å². The highest BCUT2D eigenvalue weighted by Gasteiger charge is 2.21. The molecule has 0 bridgehead atoms. The van der Waals surface area contributed by atoms with Gasteiger partial charge in [0, 0.05) is 16.5 Å². The Labute approximate surface area is 157 Å². The smallest absolute Gasteiger partial charge is 0.375 e. The summed E-state index contributed by atoms with van der Waals surface area (Å²) in [5.74, 6) is -0.0800. The van der Waals surface area contributed by atoms with Gasteiger partial charge in [-0.1, -0.05) is 17.7 Å². The molecule has 0 radical (unpaired) electrons. The summed E-state index contributed by atoms with van der Waals surface area (Å²) in [4.78, 5) is 24.8. The normalized spacial score (nSPS) is 10.8. The average Bonchev–Trinajstić information content (AvgIpc) is 2.98. The molecule has 0 saturated heterocycles. The van der Waals surface area contributed by atoms with Crippen LogP contribution in [0.4, 0.5) is 0 Å². The van der Waals surface area contributed by atoms with Crippen molar-refractivity contribution in [3.8, 4) is 5.75 Å². The van der Waals surface area contributed by atoms with E-state index in [2.05, 4.69) is 0 Å². The van der Waals surface area contributed by atoms with E-state index in [0.717, 1.165) is 16.5 Å². The van der Waals surface area contributed by atoms with Crippen LogP contribution in [0.2, 0.25) is 0 Å². The first-order valence-corrected chi connectivity index (χ1v) is 8.84. The third-order valence-corrected chi connectivity index (χ3v) is 4.43. The summed E-state index contributed by atoms with van der Waals surface area (Å²) in [6.07, 6.45) is 0. The Morgan fingerprint density at radius 3 is 2.56 bits per heavy atom. The van der Waals surface area contributed by atoms with Crippen LogP contribution in [-0.2, 0) is 4.74 Å². The van der Waals surface area contributed by atoms with Gasteiger partial charge in [-0.15, -0.1) is 0 Å². The predicted molar refractivity (Wildman–Crippen MR) is 103 cm³/mol. The Kier molecular flexibility index (Phi) is 5.31. The topological polar surface area (TPSA) is 65.7 Å². The highest BCUT2D eigenvalue weighted by Crippen LogP contribution is 2.29. The standard InChI is InChI=1S/C22H22O5/c1-5-25-16-8-9-20-18(11-16)15(4)21(27-20)22(24)26-12-19(23)17-10-13(2)6-7-14(17)3/h6-11H,5,12H2,1-4H3. The molecular weight excluding hydrogens is 344 g/mol. The van der Waals surface area contributed by atoms with E-state index < -0.39 is 5.97 Å². The maximum absolute atomic E-state index is 12.4. The summed E-state index contributed by atoms with van der Waals surface area (Å²) in [5.41, 5.74) is 3.63. The summed E-state index contributed by atoms with van der Waals surface area (Å²) in [5, 5.41) is 0.786. The molecule has 3 rings (SSSR count). The van der Waals surface area contributed by atoms with Crippen LogP contribution >= 0.6 is 0 Å². The minimum atomic E-state index is -0.652. The van der Waals surface area contributed by atoms with Gasteiger partial charge in [-0.3, -0.25) is 4.79 Å². The van der Waals surface area contributed by atoms with Gasteiger partial charge in [0.2, 0.25) is 11.5 Å². The molecule has 0 aliphatic heterocycles. The monoisotopic (exact) mass is 366 g/mol. The number of furan rings is 1. The number of rotatable bonds is 6. The summed E-state index contributed by atoms with van der Waals surface area (Å²) in [6.45, 7) is 7.68. The number of esters is 1. The fraction of sp³-hybridized carbons (Fsp3) is 0.273. The second kappa shape index (κ2) is 7.66. The van der Waals surface area contributed by atoms with Crippen LogP contribution in [0.25, 0.3) is 11.0 Å². The lowest BCUT2D eigenvalue weighted by Gasteiger charge is -2.07. The molecule has 0 aliphatic carbocycles. The average molecular weight is 366 g/mol. The number of ether oxygens (including phenoxy) is 2. The van der Waals surface area contributed by atoms with E-state index in [1.807, 2.05) is 39.0 Å². The lowest BCUT2D eigenvalue weighted by Crippen LogP contribution is -2.15. The van der Waals surface area contributed by atoms with Gasteiger partial charge in [-0.05, 0) is 57.5 Å². The molecule has 2 aromatic carbocycles. The second-order valence-corrected chi connectivity index (χ2v) is 6.46. The fourth-order valence-corrected chi connectivity index (χ4v) is 2.96. The minimum Gasteiger partial charge on any atom is -0.494 e. The molecule has 0 fully saturated rings. The minimum absolute atomic E-state index is 0.104. The number of carbonyl (C=O) groups excluding carboxylic acids is 2. The maximum Gasteiger partial charge on any atom is 0.375 e. The number of carbonyl (C=O) groups is 2. The molecule has 0 N–H and O–H groups in total. The Morgan fingerprint density at radius 1 is 1.04 bits per heavy atom. The second-order valence-electron chi connectivity index (χ2n) is 6.46. The van der Waals surface area contributed by atoms with Crippen LogP contribution in [-0.4, -0.2) is 25.0 Å². The third kappa shape index (κ3) is 3.87. The van der Waals surface area contributed by atoms with E-state index in [-0.39, 0.29) is 18.2 Å². The molecule has 0 saturated carbocycles. The first-order chi connectivity index (χ1) is 12.9. The van der Waals surface area contributed by atoms with Crippen molar-refractivity contribution in [2.75, 3.05) is 13.2 Å². The lowest BCUT2D eigenvalue weighted by atomic mass is 10.0. The highest BCUT2D eigenvalue weighted by atomic mass is 16.5. The van der Waals surface area contributed by atoms with Gasteiger partial charge in [-0.25, -0.2) is 4.79 Å². The fourth-order valence-electron chi connectivity index (χ4n) is 2.96. The third-order valence-electron chi connectivity index (χ3n) is 4.43. The Hall–Kier alpha value is -3.08. The van der Waals surface area contributed by atoms with Crippen molar-refractivity contribution in [3.05, 3.63) is 64.4 Å². The maximum atomic E-state index is 12.4. The molecule has 0 unspecified atom stereocenters. The number of hydrogen-bond donors (Lipinski definition) is 0. The molecule has 0 spiro atoms. The molecular formula is C22H22O5. The van der Waals surface area contributed by atoms with Crippen LogP contribution in [0.3, 0.4) is 0 Å². The van der Waals surface area contributed by atoms with Gasteiger partial charge >= 0.3 is 5.97 Å². The number of aryl methyl sites for hydroxylation is 3. The Bertz CT molecular complexity index is 1010. The Balaban J connectivity index is 1.77. The van der Waals surface area contributed by atoms with Crippen LogP contribution in [0.15, 0.2) is 40.8 Å². The number of benzene rings is 2. The zero-order valence-corrected chi connectivity index (χ0v) is 15.9. The molecule has 5 nitrogen and oxygen atoms in total. The van der Waals surface area contributed by atoms with Crippen molar-refractivity contribution in [1.82, 2.24) is 0 Å². The molecule has 1 heterocycles. The van der Waals surface area contributed by atoms with Crippen LogP contribution in [0.1, 0.15) is 44.5 Å². The van der Waals surface area contributed by atoms with Crippen LogP contribution in [0, 0.1) is 20.8 Å². The zero-order valence-electron chi connectivity index (χ0n) is 15.9. The summed E-state index contributed by atoms with van der Waals surface area (Å²) < 4.78 is 16.3. The van der Waals surface area contributed by atoms with E-state index >= 15 is 0 Å². The number of ketones is 1. The predicted octanol–water partition coefficient (Wildman–Crippen LogP) is 4.80. The quantitative estimate of drug-likeness (QED) is 0.463. The van der Waals surface area contributed by atoms with Crippen LogP contribution in [0.5, 0.6) is 5.75 Å². The van der Waals surface area contributed by atoms with Gasteiger partial charge in [0.1, 0.15) is 11.3 Å². The molecule has 0 atom stereocenters. The summed E-state index contributed by atoms with van der Waals surface area (Å²) in [7, 11) is 0. The van der Waals surface area contributed by atoms with Crippen molar-refractivity contribution in [2.24, 2.45) is 0 Å². The van der Waals surface area contributed by atoms with Crippen LogP contribution < -0.4 is 4.74 Å². The van der Waals surface area contributed by atoms with Gasteiger partial charge in [0.05, 0.1) is 6.61 Å².